The summed E-state index contributed by atoms with van der Waals surface area (Å²) in [5.74, 6) is 0.840. The molecule has 21 heavy (non-hydrogen) atoms. The molecule has 1 N–H and O–H groups in total. The van der Waals surface area contributed by atoms with E-state index in [1.807, 2.05) is 25.1 Å². The van der Waals surface area contributed by atoms with Gasteiger partial charge in [0.2, 0.25) is 0 Å². The summed E-state index contributed by atoms with van der Waals surface area (Å²) in [5, 5.41) is 3.36. The summed E-state index contributed by atoms with van der Waals surface area (Å²) in [6.07, 6.45) is 1.60. The first-order valence-corrected chi connectivity index (χ1v) is 6.95. The lowest BCUT2D eigenvalue weighted by Gasteiger charge is -2.11. The zero-order chi connectivity index (χ0) is 14.7. The van der Waals surface area contributed by atoms with E-state index in [9.17, 15) is 0 Å². The van der Waals surface area contributed by atoms with E-state index in [0.717, 1.165) is 28.3 Å². The number of hydrogen-bond acceptors (Lipinski definition) is 3. The molecule has 104 valence electrons. The van der Waals surface area contributed by atoms with Gasteiger partial charge in [0.25, 0.3) is 0 Å². The maximum absolute atomic E-state index is 4.41. The molecule has 0 spiro atoms. The first-order chi connectivity index (χ1) is 10.2. The largest absolute Gasteiger partial charge is 0.340 e. The third kappa shape index (κ3) is 2.92. The van der Waals surface area contributed by atoms with Crippen LogP contribution in [0.2, 0.25) is 0 Å². The van der Waals surface area contributed by atoms with Gasteiger partial charge in [-0.25, -0.2) is 9.97 Å². The summed E-state index contributed by atoms with van der Waals surface area (Å²) in [6.45, 7) is 4.12. The van der Waals surface area contributed by atoms with Crippen molar-refractivity contribution in [2.24, 2.45) is 0 Å². The second-order valence-electron chi connectivity index (χ2n) is 5.05. The van der Waals surface area contributed by atoms with Crippen LogP contribution in [0.4, 0.5) is 11.5 Å². The maximum atomic E-state index is 4.41. The van der Waals surface area contributed by atoms with Crippen molar-refractivity contribution in [1.82, 2.24) is 9.97 Å². The number of nitrogens with one attached hydrogen (secondary N) is 1. The minimum atomic E-state index is 0.840. The van der Waals surface area contributed by atoms with Gasteiger partial charge in [0.05, 0.1) is 5.69 Å². The monoisotopic (exact) mass is 275 g/mol. The van der Waals surface area contributed by atoms with E-state index in [0.29, 0.717) is 0 Å². The van der Waals surface area contributed by atoms with Gasteiger partial charge >= 0.3 is 0 Å². The molecule has 2 aromatic carbocycles. The number of rotatable bonds is 3. The lowest BCUT2D eigenvalue weighted by molar-refractivity contribution is 1.13. The van der Waals surface area contributed by atoms with Crippen LogP contribution in [0.5, 0.6) is 0 Å². The molecule has 0 unspecified atom stereocenters. The van der Waals surface area contributed by atoms with Crippen LogP contribution in [0.3, 0.4) is 0 Å². The van der Waals surface area contributed by atoms with Crippen molar-refractivity contribution in [3.8, 4) is 11.3 Å². The fourth-order valence-corrected chi connectivity index (χ4v) is 2.24. The molecule has 0 aliphatic heterocycles. The predicted molar refractivity (Wildman–Crippen MR) is 86.7 cm³/mol. The van der Waals surface area contributed by atoms with Crippen molar-refractivity contribution in [2.45, 2.75) is 13.8 Å². The summed E-state index contributed by atoms with van der Waals surface area (Å²) < 4.78 is 0. The normalized spacial score (nSPS) is 10.4. The van der Waals surface area contributed by atoms with E-state index in [1.165, 1.54) is 5.56 Å². The third-order valence-corrected chi connectivity index (χ3v) is 3.45. The molecular formula is C18H17N3. The van der Waals surface area contributed by atoms with Crippen molar-refractivity contribution in [3.05, 3.63) is 72.1 Å². The minimum absolute atomic E-state index is 0.840. The van der Waals surface area contributed by atoms with Crippen molar-refractivity contribution in [1.29, 1.82) is 0 Å². The Hall–Kier alpha value is -2.68. The average Bonchev–Trinajstić information content (AvgIpc) is 2.52. The molecule has 1 aromatic heterocycles. The number of aryl methyl sites for hydroxylation is 1. The Morgan fingerprint density at radius 1 is 0.810 bits per heavy atom. The number of aromatic nitrogens is 2. The zero-order valence-electron chi connectivity index (χ0n) is 12.2. The first kappa shape index (κ1) is 13.3. The molecule has 0 atom stereocenters. The highest BCUT2D eigenvalue weighted by Crippen LogP contribution is 2.26. The van der Waals surface area contributed by atoms with Gasteiger partial charge in [-0.05, 0) is 26.0 Å². The molecule has 0 fully saturated rings. The van der Waals surface area contributed by atoms with Gasteiger partial charge < -0.3 is 5.32 Å². The summed E-state index contributed by atoms with van der Waals surface area (Å²) in [5.41, 5.74) is 5.38. The van der Waals surface area contributed by atoms with E-state index >= 15 is 0 Å². The van der Waals surface area contributed by atoms with Crippen LogP contribution in [0.15, 0.2) is 60.9 Å². The summed E-state index contributed by atoms with van der Waals surface area (Å²) in [7, 11) is 0. The van der Waals surface area contributed by atoms with Crippen molar-refractivity contribution in [3.63, 3.8) is 0 Å². The average molecular weight is 275 g/mol. The molecular weight excluding hydrogens is 258 g/mol. The highest BCUT2D eigenvalue weighted by atomic mass is 15.0. The zero-order valence-corrected chi connectivity index (χ0v) is 12.2. The quantitative estimate of drug-likeness (QED) is 0.764. The molecule has 0 aliphatic carbocycles. The van der Waals surface area contributed by atoms with Gasteiger partial charge in [-0.1, -0.05) is 48.0 Å². The molecule has 0 bridgehead atoms. The van der Waals surface area contributed by atoms with Crippen LogP contribution >= 0.6 is 0 Å². The van der Waals surface area contributed by atoms with Crippen LogP contribution in [-0.2, 0) is 0 Å². The Morgan fingerprint density at radius 2 is 1.52 bits per heavy atom. The van der Waals surface area contributed by atoms with Crippen molar-refractivity contribution < 1.29 is 0 Å². The van der Waals surface area contributed by atoms with Crippen LogP contribution in [0.1, 0.15) is 11.1 Å². The number of anilines is 2. The van der Waals surface area contributed by atoms with E-state index in [1.54, 1.807) is 6.33 Å². The molecule has 3 nitrogen and oxygen atoms in total. The standard InChI is InChI=1S/C18H17N3/c1-13-8-10-16(11-9-13)21-18-14(2)17(19-12-20-18)15-6-4-3-5-7-15/h3-12H,1-2H3,(H,19,20,21). The summed E-state index contributed by atoms with van der Waals surface area (Å²) >= 11 is 0. The Morgan fingerprint density at radius 3 is 2.24 bits per heavy atom. The first-order valence-electron chi connectivity index (χ1n) is 6.95. The number of benzene rings is 2. The van der Waals surface area contributed by atoms with Crippen molar-refractivity contribution in [2.75, 3.05) is 5.32 Å². The van der Waals surface area contributed by atoms with E-state index < -0.39 is 0 Å². The van der Waals surface area contributed by atoms with Crippen molar-refractivity contribution >= 4 is 11.5 Å². The van der Waals surface area contributed by atoms with Gasteiger partial charge in [-0.3, -0.25) is 0 Å². The Bertz CT molecular complexity index is 734. The number of nitrogens with zero attached hydrogens (tertiary/aromatic N) is 2. The van der Waals surface area contributed by atoms with E-state index in [4.69, 9.17) is 0 Å². The van der Waals surface area contributed by atoms with Gasteiger partial charge in [-0.2, -0.15) is 0 Å². The SMILES string of the molecule is Cc1ccc(Nc2ncnc(-c3ccccc3)c2C)cc1. The number of hydrogen-bond donors (Lipinski definition) is 1. The lowest BCUT2D eigenvalue weighted by atomic mass is 10.1. The molecule has 3 rings (SSSR count). The van der Waals surface area contributed by atoms with E-state index in [2.05, 4.69) is 58.6 Å². The molecule has 3 aromatic rings. The lowest BCUT2D eigenvalue weighted by Crippen LogP contribution is -2.00. The van der Waals surface area contributed by atoms with Crippen LogP contribution < -0.4 is 5.32 Å². The van der Waals surface area contributed by atoms with Crippen LogP contribution in [0.25, 0.3) is 11.3 Å². The Labute approximate surface area is 124 Å². The predicted octanol–water partition coefficient (Wildman–Crippen LogP) is 4.50. The van der Waals surface area contributed by atoms with Gasteiger partial charge in [0, 0.05) is 16.8 Å². The molecule has 0 radical (unpaired) electrons. The smallest absolute Gasteiger partial charge is 0.137 e. The molecule has 0 saturated heterocycles. The third-order valence-electron chi connectivity index (χ3n) is 3.45. The van der Waals surface area contributed by atoms with Gasteiger partial charge in [-0.15, -0.1) is 0 Å². The summed E-state index contributed by atoms with van der Waals surface area (Å²) in [4.78, 5) is 8.77. The Kier molecular flexibility index (Phi) is 3.65. The Balaban J connectivity index is 1.95. The molecule has 3 heteroatoms. The second kappa shape index (κ2) is 5.75. The minimum Gasteiger partial charge on any atom is -0.340 e. The van der Waals surface area contributed by atoms with Crippen LogP contribution in [-0.4, -0.2) is 9.97 Å². The summed E-state index contributed by atoms with van der Waals surface area (Å²) in [6, 6.07) is 18.4. The molecule has 0 amide bonds. The van der Waals surface area contributed by atoms with E-state index in [-0.39, 0.29) is 0 Å². The van der Waals surface area contributed by atoms with Gasteiger partial charge in [0.1, 0.15) is 12.1 Å². The molecule has 1 heterocycles. The fraction of sp³-hybridized carbons (Fsp3) is 0.111. The topological polar surface area (TPSA) is 37.8 Å². The highest BCUT2D eigenvalue weighted by Gasteiger charge is 2.08. The van der Waals surface area contributed by atoms with Gasteiger partial charge in [0.15, 0.2) is 0 Å². The molecule has 0 saturated carbocycles. The second-order valence-corrected chi connectivity index (χ2v) is 5.05. The maximum Gasteiger partial charge on any atom is 0.137 e. The highest BCUT2D eigenvalue weighted by molar-refractivity contribution is 5.70. The van der Waals surface area contributed by atoms with Crippen LogP contribution in [0, 0.1) is 13.8 Å². The molecule has 0 aliphatic rings. The fourth-order valence-electron chi connectivity index (χ4n) is 2.24.